The summed E-state index contributed by atoms with van der Waals surface area (Å²) in [5.74, 6) is 1.44. The van der Waals surface area contributed by atoms with Crippen LogP contribution in [0.4, 0.5) is 0 Å². The highest BCUT2D eigenvalue weighted by molar-refractivity contribution is 4.82. The molecule has 1 N–H and O–H groups in total. The fourth-order valence-corrected chi connectivity index (χ4v) is 3.43. The van der Waals surface area contributed by atoms with Gasteiger partial charge in [0.25, 0.3) is 0 Å². The molecule has 1 saturated heterocycles. The molecule has 2 rings (SSSR count). The first-order chi connectivity index (χ1) is 7.66. The summed E-state index contributed by atoms with van der Waals surface area (Å²) in [6.45, 7) is 7.09. The van der Waals surface area contributed by atoms with Crippen molar-refractivity contribution in [1.82, 2.24) is 4.90 Å². The molecule has 0 amide bonds. The molecule has 4 unspecified atom stereocenters. The largest absolute Gasteiger partial charge is 0.393 e. The van der Waals surface area contributed by atoms with Crippen LogP contribution in [0, 0.1) is 11.8 Å². The van der Waals surface area contributed by atoms with Crippen LogP contribution in [-0.4, -0.2) is 35.2 Å². The van der Waals surface area contributed by atoms with E-state index in [1.165, 1.54) is 38.6 Å². The lowest BCUT2D eigenvalue weighted by Crippen LogP contribution is -2.45. The first-order valence-corrected chi connectivity index (χ1v) is 7.09. The third kappa shape index (κ3) is 2.98. The van der Waals surface area contributed by atoms with Crippen molar-refractivity contribution >= 4 is 0 Å². The van der Waals surface area contributed by atoms with E-state index in [0.29, 0.717) is 5.92 Å². The zero-order valence-corrected chi connectivity index (χ0v) is 10.9. The van der Waals surface area contributed by atoms with Crippen molar-refractivity contribution < 1.29 is 5.11 Å². The van der Waals surface area contributed by atoms with Gasteiger partial charge >= 0.3 is 0 Å². The van der Waals surface area contributed by atoms with Crippen molar-refractivity contribution in [3.63, 3.8) is 0 Å². The summed E-state index contributed by atoms with van der Waals surface area (Å²) in [6, 6.07) is 0.720. The molecule has 2 aliphatic rings. The Hall–Kier alpha value is -0.0800. The molecule has 1 saturated carbocycles. The van der Waals surface area contributed by atoms with Crippen LogP contribution in [0.15, 0.2) is 0 Å². The van der Waals surface area contributed by atoms with E-state index in [4.69, 9.17) is 0 Å². The molecule has 2 nitrogen and oxygen atoms in total. The third-order valence-electron chi connectivity index (χ3n) is 4.61. The summed E-state index contributed by atoms with van der Waals surface area (Å²) >= 11 is 0. The predicted octanol–water partition coefficient (Wildman–Crippen LogP) is 2.66. The monoisotopic (exact) mass is 225 g/mol. The number of aliphatic hydroxyl groups is 1. The summed E-state index contributed by atoms with van der Waals surface area (Å²) in [6.07, 6.45) is 7.46. The van der Waals surface area contributed by atoms with Crippen LogP contribution in [0.1, 0.15) is 52.4 Å². The fourth-order valence-electron chi connectivity index (χ4n) is 3.43. The van der Waals surface area contributed by atoms with Crippen LogP contribution in [0.2, 0.25) is 0 Å². The van der Waals surface area contributed by atoms with Gasteiger partial charge in [0, 0.05) is 12.6 Å². The lowest BCUT2D eigenvalue weighted by molar-refractivity contribution is 0.0247. The van der Waals surface area contributed by atoms with Gasteiger partial charge in [-0.05, 0) is 51.0 Å². The zero-order chi connectivity index (χ0) is 11.5. The second kappa shape index (κ2) is 5.50. The summed E-state index contributed by atoms with van der Waals surface area (Å²) in [7, 11) is 0. The minimum absolute atomic E-state index is 0.0275. The lowest BCUT2D eigenvalue weighted by Gasteiger charge is -2.40. The number of hydrogen-bond acceptors (Lipinski definition) is 2. The van der Waals surface area contributed by atoms with Crippen LogP contribution in [0.25, 0.3) is 0 Å². The molecule has 1 aliphatic carbocycles. The zero-order valence-electron chi connectivity index (χ0n) is 10.9. The van der Waals surface area contributed by atoms with Crippen molar-refractivity contribution in [3.05, 3.63) is 0 Å². The van der Waals surface area contributed by atoms with E-state index in [1.54, 1.807) is 0 Å². The minimum Gasteiger partial charge on any atom is -0.393 e. The van der Waals surface area contributed by atoms with Crippen LogP contribution in [0.3, 0.4) is 0 Å². The third-order valence-corrected chi connectivity index (χ3v) is 4.61. The second-order valence-corrected chi connectivity index (χ2v) is 6.09. The van der Waals surface area contributed by atoms with Gasteiger partial charge in [-0.25, -0.2) is 0 Å². The Labute approximate surface area is 100 Å². The van der Waals surface area contributed by atoms with E-state index in [0.717, 1.165) is 24.9 Å². The van der Waals surface area contributed by atoms with Crippen molar-refractivity contribution in [1.29, 1.82) is 0 Å². The first kappa shape index (κ1) is 12.4. The Balaban J connectivity index is 1.83. The van der Waals surface area contributed by atoms with Crippen molar-refractivity contribution in [2.24, 2.45) is 11.8 Å². The average molecular weight is 225 g/mol. The maximum absolute atomic E-state index is 10.0. The number of hydrogen-bond donors (Lipinski definition) is 1. The Morgan fingerprint density at radius 2 is 1.88 bits per heavy atom. The first-order valence-electron chi connectivity index (χ1n) is 7.09. The highest BCUT2D eigenvalue weighted by Crippen LogP contribution is 2.28. The molecule has 16 heavy (non-hydrogen) atoms. The van der Waals surface area contributed by atoms with Gasteiger partial charge in [-0.2, -0.15) is 0 Å². The summed E-state index contributed by atoms with van der Waals surface area (Å²) < 4.78 is 0. The van der Waals surface area contributed by atoms with E-state index in [1.807, 2.05) is 0 Å². The fraction of sp³-hybridized carbons (Fsp3) is 1.00. The minimum atomic E-state index is -0.0275. The van der Waals surface area contributed by atoms with E-state index in [9.17, 15) is 5.11 Å². The lowest BCUT2D eigenvalue weighted by atomic mass is 9.84. The van der Waals surface area contributed by atoms with E-state index >= 15 is 0 Å². The SMILES string of the molecule is CC1CCN(CC2CCCCC2O)C(C)C1. The highest BCUT2D eigenvalue weighted by Gasteiger charge is 2.29. The molecular weight excluding hydrogens is 198 g/mol. The Bertz CT molecular complexity index is 219. The Kier molecular flexibility index (Phi) is 4.26. The van der Waals surface area contributed by atoms with Gasteiger partial charge in [0.1, 0.15) is 0 Å². The molecule has 94 valence electrons. The van der Waals surface area contributed by atoms with Crippen LogP contribution >= 0.6 is 0 Å². The van der Waals surface area contributed by atoms with E-state index in [2.05, 4.69) is 18.7 Å². The molecule has 2 heteroatoms. The van der Waals surface area contributed by atoms with Crippen LogP contribution in [-0.2, 0) is 0 Å². The summed E-state index contributed by atoms with van der Waals surface area (Å²) in [5, 5.41) is 10.0. The van der Waals surface area contributed by atoms with Gasteiger partial charge < -0.3 is 10.0 Å². The molecule has 0 aromatic heterocycles. The van der Waals surface area contributed by atoms with Gasteiger partial charge in [0.15, 0.2) is 0 Å². The van der Waals surface area contributed by atoms with Crippen molar-refractivity contribution in [2.75, 3.05) is 13.1 Å². The maximum atomic E-state index is 10.0. The molecule has 0 bridgehead atoms. The van der Waals surface area contributed by atoms with E-state index in [-0.39, 0.29) is 6.10 Å². The normalized spacial score (nSPS) is 42.2. The molecule has 0 spiro atoms. The van der Waals surface area contributed by atoms with Gasteiger partial charge in [-0.1, -0.05) is 19.8 Å². The Morgan fingerprint density at radius 3 is 2.56 bits per heavy atom. The van der Waals surface area contributed by atoms with Crippen LogP contribution < -0.4 is 0 Å². The predicted molar refractivity (Wildman–Crippen MR) is 67.4 cm³/mol. The topological polar surface area (TPSA) is 23.5 Å². The molecule has 0 aromatic rings. The van der Waals surface area contributed by atoms with Crippen molar-refractivity contribution in [2.45, 2.75) is 64.5 Å². The Morgan fingerprint density at radius 1 is 1.12 bits per heavy atom. The van der Waals surface area contributed by atoms with Crippen molar-refractivity contribution in [3.8, 4) is 0 Å². The number of rotatable bonds is 2. The molecule has 2 fully saturated rings. The smallest absolute Gasteiger partial charge is 0.0580 e. The van der Waals surface area contributed by atoms with Gasteiger partial charge in [0.2, 0.25) is 0 Å². The maximum Gasteiger partial charge on any atom is 0.0580 e. The van der Waals surface area contributed by atoms with E-state index < -0.39 is 0 Å². The quantitative estimate of drug-likeness (QED) is 0.781. The molecule has 1 heterocycles. The molecule has 1 aliphatic heterocycles. The van der Waals surface area contributed by atoms with Gasteiger partial charge in [-0.3, -0.25) is 0 Å². The average Bonchev–Trinajstić information content (AvgIpc) is 2.25. The molecule has 4 atom stereocenters. The van der Waals surface area contributed by atoms with Gasteiger partial charge in [0.05, 0.1) is 6.10 Å². The number of aliphatic hydroxyl groups excluding tert-OH is 1. The molecule has 0 radical (unpaired) electrons. The summed E-state index contributed by atoms with van der Waals surface area (Å²) in [5.41, 5.74) is 0. The van der Waals surface area contributed by atoms with Gasteiger partial charge in [-0.15, -0.1) is 0 Å². The number of nitrogens with zero attached hydrogens (tertiary/aromatic N) is 1. The molecular formula is C14H27NO. The number of piperidine rings is 1. The second-order valence-electron chi connectivity index (χ2n) is 6.09. The standard InChI is InChI=1S/C14H27NO/c1-11-7-8-15(12(2)9-11)10-13-5-3-4-6-14(13)16/h11-14,16H,3-10H2,1-2H3. The number of likely N-dealkylation sites (tertiary alicyclic amines) is 1. The van der Waals surface area contributed by atoms with Crippen LogP contribution in [0.5, 0.6) is 0 Å². The highest BCUT2D eigenvalue weighted by atomic mass is 16.3. The molecule has 0 aromatic carbocycles. The summed E-state index contributed by atoms with van der Waals surface area (Å²) in [4.78, 5) is 2.61.